The topological polar surface area (TPSA) is 32.7 Å². The maximum absolute atomic E-state index is 12.7. The molecule has 1 N–H and O–H groups in total. The fraction of sp³-hybridized carbons (Fsp3) is 0.625. The van der Waals surface area contributed by atoms with Gasteiger partial charge in [0, 0.05) is 13.1 Å². The number of piperidine rings is 1. The Morgan fingerprint density at radius 2 is 2.00 bits per heavy atom. The number of β-amino-alcohol motifs (C(OH)–C–C–N with tert-alkyl or cyclic N) is 1. The van der Waals surface area contributed by atoms with Crippen molar-refractivity contribution in [2.75, 3.05) is 26.2 Å². The van der Waals surface area contributed by atoms with E-state index >= 15 is 0 Å². The molecule has 0 aliphatic carbocycles. The van der Waals surface area contributed by atoms with Gasteiger partial charge in [0.1, 0.15) is 0 Å². The van der Waals surface area contributed by atoms with E-state index in [0.29, 0.717) is 19.6 Å². The molecule has 1 aromatic carbocycles. The van der Waals surface area contributed by atoms with Crippen LogP contribution in [0.3, 0.4) is 0 Å². The normalized spacial score (nSPS) is 21.7. The number of hydrogen-bond acceptors (Lipinski definition) is 3. The molecular formula is C16H22F3NO2. The number of aliphatic hydroxyl groups excluding tert-OH is 1. The summed E-state index contributed by atoms with van der Waals surface area (Å²) in [4.78, 5) is 1.68. The van der Waals surface area contributed by atoms with Crippen molar-refractivity contribution in [3.05, 3.63) is 35.9 Å². The molecule has 0 radical (unpaired) electrons. The Morgan fingerprint density at radius 1 is 1.27 bits per heavy atom. The predicted molar refractivity (Wildman–Crippen MR) is 77.3 cm³/mol. The third kappa shape index (κ3) is 5.59. The first-order chi connectivity index (χ1) is 10.4. The quantitative estimate of drug-likeness (QED) is 0.876. The van der Waals surface area contributed by atoms with Crippen molar-refractivity contribution in [3.63, 3.8) is 0 Å². The molecule has 0 spiro atoms. The van der Waals surface area contributed by atoms with Crippen LogP contribution in [-0.2, 0) is 11.3 Å². The Hall–Kier alpha value is -1.11. The molecule has 1 aliphatic rings. The minimum absolute atomic E-state index is 0.0285. The molecule has 6 heteroatoms. The molecule has 22 heavy (non-hydrogen) atoms. The van der Waals surface area contributed by atoms with Gasteiger partial charge in [-0.25, -0.2) is 0 Å². The molecule has 2 rings (SSSR count). The second kappa shape index (κ2) is 7.94. The molecular weight excluding hydrogens is 295 g/mol. The molecule has 0 saturated carbocycles. The van der Waals surface area contributed by atoms with Crippen LogP contribution in [0.2, 0.25) is 0 Å². The molecule has 1 saturated heterocycles. The zero-order valence-electron chi connectivity index (χ0n) is 12.4. The maximum Gasteiger partial charge on any atom is 0.393 e. The number of hydrogen-bond donors (Lipinski definition) is 1. The zero-order valence-corrected chi connectivity index (χ0v) is 12.4. The number of ether oxygens (including phenoxy) is 1. The van der Waals surface area contributed by atoms with Gasteiger partial charge in [-0.3, -0.25) is 0 Å². The summed E-state index contributed by atoms with van der Waals surface area (Å²) in [5.41, 5.74) is 1.00. The van der Waals surface area contributed by atoms with Gasteiger partial charge in [-0.15, -0.1) is 0 Å². The Kier molecular flexibility index (Phi) is 6.23. The van der Waals surface area contributed by atoms with E-state index in [4.69, 9.17) is 4.74 Å². The number of likely N-dealkylation sites (tertiary alicyclic amines) is 1. The third-order valence-corrected chi connectivity index (χ3v) is 3.86. The number of rotatable bonds is 6. The van der Waals surface area contributed by atoms with Gasteiger partial charge in [0.15, 0.2) is 0 Å². The Bertz CT molecular complexity index is 439. The number of halogens is 3. The molecule has 1 heterocycles. The van der Waals surface area contributed by atoms with E-state index in [1.54, 1.807) is 4.90 Å². The molecule has 0 amide bonds. The van der Waals surface area contributed by atoms with Gasteiger partial charge in [0.2, 0.25) is 0 Å². The maximum atomic E-state index is 12.7. The van der Waals surface area contributed by atoms with Crippen LogP contribution in [0.25, 0.3) is 0 Å². The lowest BCUT2D eigenvalue weighted by atomic mass is 9.97. The van der Waals surface area contributed by atoms with Crippen molar-refractivity contribution in [2.45, 2.75) is 31.7 Å². The summed E-state index contributed by atoms with van der Waals surface area (Å²) < 4.78 is 43.6. The number of nitrogens with zero attached hydrogens (tertiary/aromatic N) is 1. The highest BCUT2D eigenvalue weighted by atomic mass is 19.4. The smallest absolute Gasteiger partial charge is 0.389 e. The van der Waals surface area contributed by atoms with Gasteiger partial charge in [-0.2, -0.15) is 13.2 Å². The van der Waals surface area contributed by atoms with Gasteiger partial charge in [-0.1, -0.05) is 30.3 Å². The van der Waals surface area contributed by atoms with Crippen LogP contribution in [0.1, 0.15) is 18.4 Å². The minimum atomic E-state index is -4.15. The fourth-order valence-corrected chi connectivity index (χ4v) is 2.73. The Balaban J connectivity index is 1.69. The second-order valence-corrected chi connectivity index (χ2v) is 5.79. The Labute approximate surface area is 128 Å². The highest BCUT2D eigenvalue weighted by molar-refractivity contribution is 5.13. The van der Waals surface area contributed by atoms with Crippen molar-refractivity contribution >= 4 is 0 Å². The highest BCUT2D eigenvalue weighted by Crippen LogP contribution is 2.33. The van der Waals surface area contributed by atoms with E-state index in [9.17, 15) is 18.3 Å². The van der Waals surface area contributed by atoms with Gasteiger partial charge in [-0.05, 0) is 24.9 Å². The lowest BCUT2D eigenvalue weighted by Crippen LogP contribution is -2.45. The van der Waals surface area contributed by atoms with E-state index in [1.165, 1.54) is 0 Å². The summed E-state index contributed by atoms with van der Waals surface area (Å²) in [6.45, 7) is 1.31. The summed E-state index contributed by atoms with van der Waals surface area (Å²) in [7, 11) is 0. The number of aliphatic hydroxyl groups is 1. The molecule has 1 fully saturated rings. The third-order valence-electron chi connectivity index (χ3n) is 3.86. The lowest BCUT2D eigenvalue weighted by molar-refractivity contribution is -0.187. The largest absolute Gasteiger partial charge is 0.393 e. The fourth-order valence-electron chi connectivity index (χ4n) is 2.73. The minimum Gasteiger partial charge on any atom is -0.389 e. The molecule has 124 valence electrons. The van der Waals surface area contributed by atoms with Crippen molar-refractivity contribution in [1.82, 2.24) is 4.90 Å². The zero-order chi connectivity index (χ0) is 16.0. The second-order valence-electron chi connectivity index (χ2n) is 5.79. The molecule has 3 nitrogen and oxygen atoms in total. The molecule has 2 atom stereocenters. The van der Waals surface area contributed by atoms with Crippen LogP contribution in [0.5, 0.6) is 0 Å². The van der Waals surface area contributed by atoms with Crippen molar-refractivity contribution in [1.29, 1.82) is 0 Å². The highest BCUT2D eigenvalue weighted by Gasteiger charge is 2.41. The van der Waals surface area contributed by atoms with Crippen LogP contribution in [0.4, 0.5) is 13.2 Å². The van der Waals surface area contributed by atoms with Gasteiger partial charge in [0.25, 0.3) is 0 Å². The standard InChI is InChI=1S/C16H22F3NO2/c17-16(18,19)14-7-4-8-20(9-14)10-15(21)12-22-11-13-5-2-1-3-6-13/h1-3,5-6,14-15,21H,4,7-12H2/t14-,15-/m1/s1. The average Bonchev–Trinajstić information content (AvgIpc) is 2.48. The van der Waals surface area contributed by atoms with Crippen LogP contribution >= 0.6 is 0 Å². The van der Waals surface area contributed by atoms with Crippen LogP contribution in [0, 0.1) is 5.92 Å². The van der Waals surface area contributed by atoms with Gasteiger partial charge in [0.05, 0.1) is 25.2 Å². The predicted octanol–water partition coefficient (Wildman–Crippen LogP) is 2.84. The van der Waals surface area contributed by atoms with Gasteiger partial charge >= 0.3 is 6.18 Å². The van der Waals surface area contributed by atoms with Crippen LogP contribution < -0.4 is 0 Å². The van der Waals surface area contributed by atoms with E-state index in [2.05, 4.69) is 0 Å². The first-order valence-corrected chi connectivity index (χ1v) is 7.54. The number of alkyl halides is 3. The SMILES string of the molecule is O[C@@H](COCc1ccccc1)CN1CCC[C@@H](C(F)(F)F)C1. The van der Waals surface area contributed by atoms with E-state index in [-0.39, 0.29) is 26.1 Å². The van der Waals surface area contributed by atoms with E-state index < -0.39 is 18.2 Å². The summed E-state index contributed by atoms with van der Waals surface area (Å²) in [6, 6.07) is 9.56. The summed E-state index contributed by atoms with van der Waals surface area (Å²) in [5.74, 6) is -1.28. The first-order valence-electron chi connectivity index (χ1n) is 7.54. The average molecular weight is 317 g/mol. The first kappa shape index (κ1) is 17.2. The van der Waals surface area contributed by atoms with Crippen molar-refractivity contribution in [2.24, 2.45) is 5.92 Å². The van der Waals surface area contributed by atoms with Gasteiger partial charge < -0.3 is 14.7 Å². The molecule has 0 unspecified atom stereocenters. The summed E-state index contributed by atoms with van der Waals surface area (Å²) >= 11 is 0. The molecule has 1 aromatic rings. The van der Waals surface area contributed by atoms with Crippen molar-refractivity contribution < 1.29 is 23.0 Å². The molecule has 1 aliphatic heterocycles. The molecule has 0 bridgehead atoms. The monoisotopic (exact) mass is 317 g/mol. The van der Waals surface area contributed by atoms with Crippen molar-refractivity contribution in [3.8, 4) is 0 Å². The lowest BCUT2D eigenvalue weighted by Gasteiger charge is -2.34. The number of benzene rings is 1. The summed E-state index contributed by atoms with van der Waals surface area (Å²) in [6.07, 6.45) is -4.22. The summed E-state index contributed by atoms with van der Waals surface area (Å²) in [5, 5.41) is 9.92. The van der Waals surface area contributed by atoms with E-state index in [0.717, 1.165) is 5.56 Å². The Morgan fingerprint density at radius 3 is 2.68 bits per heavy atom. The van der Waals surface area contributed by atoms with E-state index in [1.807, 2.05) is 30.3 Å². The van der Waals surface area contributed by atoms with Crippen LogP contribution in [-0.4, -0.2) is 48.5 Å². The molecule has 0 aromatic heterocycles. The van der Waals surface area contributed by atoms with Crippen LogP contribution in [0.15, 0.2) is 30.3 Å².